The third-order valence-corrected chi connectivity index (χ3v) is 4.14. The molecule has 1 aliphatic heterocycles. The SMILES string of the molecule is CC(=O)NC1CCN(C(=O)c2cc(Cl)c(N)c(Cl)c2)CC1. The van der Waals surface area contributed by atoms with Gasteiger partial charge in [-0.25, -0.2) is 0 Å². The maximum Gasteiger partial charge on any atom is 0.253 e. The number of carbonyl (C=O) groups is 2. The fourth-order valence-corrected chi connectivity index (χ4v) is 2.89. The van der Waals surface area contributed by atoms with Crippen molar-refractivity contribution in [3.8, 4) is 0 Å². The Morgan fingerprint density at radius 3 is 2.24 bits per heavy atom. The summed E-state index contributed by atoms with van der Waals surface area (Å²) in [5.41, 5.74) is 6.37. The smallest absolute Gasteiger partial charge is 0.253 e. The Morgan fingerprint density at radius 1 is 1.24 bits per heavy atom. The molecule has 0 unspecified atom stereocenters. The molecule has 5 nitrogen and oxygen atoms in total. The van der Waals surface area contributed by atoms with Crippen LogP contribution in [0.15, 0.2) is 12.1 Å². The summed E-state index contributed by atoms with van der Waals surface area (Å²) in [6.07, 6.45) is 1.48. The minimum atomic E-state index is -0.125. The second kappa shape index (κ2) is 6.54. The first-order valence-electron chi connectivity index (χ1n) is 6.69. The quantitative estimate of drug-likeness (QED) is 0.817. The Balaban J connectivity index is 2.04. The molecule has 7 heteroatoms. The van der Waals surface area contributed by atoms with Crippen LogP contribution < -0.4 is 11.1 Å². The van der Waals surface area contributed by atoms with Crippen molar-refractivity contribution in [2.45, 2.75) is 25.8 Å². The van der Waals surface area contributed by atoms with E-state index in [9.17, 15) is 9.59 Å². The van der Waals surface area contributed by atoms with Gasteiger partial charge in [0.1, 0.15) is 0 Å². The Labute approximate surface area is 133 Å². The highest BCUT2D eigenvalue weighted by Gasteiger charge is 2.24. The summed E-state index contributed by atoms with van der Waals surface area (Å²) in [5.74, 6) is -0.169. The number of nitrogens with two attached hydrogens (primary N) is 1. The normalized spacial score (nSPS) is 15.9. The van der Waals surface area contributed by atoms with Gasteiger partial charge >= 0.3 is 0 Å². The summed E-state index contributed by atoms with van der Waals surface area (Å²) in [6, 6.07) is 3.20. The number of rotatable bonds is 2. The number of likely N-dealkylation sites (tertiary alicyclic amines) is 1. The number of nitrogens with zero attached hydrogens (tertiary/aromatic N) is 1. The van der Waals surface area contributed by atoms with Crippen molar-refractivity contribution < 1.29 is 9.59 Å². The van der Waals surface area contributed by atoms with Crippen molar-refractivity contribution in [2.75, 3.05) is 18.8 Å². The summed E-state index contributed by atoms with van der Waals surface area (Å²) >= 11 is 11.9. The molecule has 1 aliphatic rings. The van der Waals surface area contributed by atoms with E-state index in [0.717, 1.165) is 12.8 Å². The van der Waals surface area contributed by atoms with Crippen LogP contribution in [-0.2, 0) is 4.79 Å². The van der Waals surface area contributed by atoms with E-state index in [2.05, 4.69) is 5.32 Å². The molecule has 1 fully saturated rings. The number of nitrogen functional groups attached to an aromatic ring is 1. The molecule has 1 saturated heterocycles. The molecule has 2 amide bonds. The second-order valence-electron chi connectivity index (χ2n) is 5.12. The van der Waals surface area contributed by atoms with Crippen LogP contribution in [0, 0.1) is 0 Å². The van der Waals surface area contributed by atoms with Crippen molar-refractivity contribution in [2.24, 2.45) is 0 Å². The molecule has 0 atom stereocenters. The average Bonchev–Trinajstić information content (AvgIpc) is 2.43. The first kappa shape index (κ1) is 15.9. The molecule has 0 aliphatic carbocycles. The van der Waals surface area contributed by atoms with Gasteiger partial charge in [0, 0.05) is 31.6 Å². The molecular weight excluding hydrogens is 313 g/mol. The maximum atomic E-state index is 12.4. The molecule has 1 aromatic rings. The molecule has 0 bridgehead atoms. The molecule has 1 heterocycles. The van der Waals surface area contributed by atoms with Crippen LogP contribution in [0.4, 0.5) is 5.69 Å². The third kappa shape index (κ3) is 3.80. The van der Waals surface area contributed by atoms with Gasteiger partial charge in [0.25, 0.3) is 5.91 Å². The summed E-state index contributed by atoms with van der Waals surface area (Å²) in [5, 5.41) is 3.42. The van der Waals surface area contributed by atoms with Crippen LogP contribution in [0.3, 0.4) is 0 Å². The number of benzene rings is 1. The van der Waals surface area contributed by atoms with E-state index in [4.69, 9.17) is 28.9 Å². The van der Waals surface area contributed by atoms with Gasteiger partial charge in [-0.15, -0.1) is 0 Å². The molecule has 3 N–H and O–H groups in total. The highest BCUT2D eigenvalue weighted by atomic mass is 35.5. The van der Waals surface area contributed by atoms with Gasteiger partial charge in [0.15, 0.2) is 0 Å². The summed E-state index contributed by atoms with van der Waals surface area (Å²) in [4.78, 5) is 25.2. The Kier molecular flexibility index (Phi) is 4.96. The van der Waals surface area contributed by atoms with E-state index in [0.29, 0.717) is 18.7 Å². The first-order valence-corrected chi connectivity index (χ1v) is 7.45. The maximum absolute atomic E-state index is 12.4. The standard InChI is InChI=1S/C14H17Cl2N3O2/c1-8(20)18-10-2-4-19(5-3-10)14(21)9-6-11(15)13(17)12(16)7-9/h6-7,10H,2-5,17H2,1H3,(H,18,20). The van der Waals surface area contributed by atoms with Gasteiger partial charge in [-0.05, 0) is 25.0 Å². The molecule has 2 rings (SSSR count). The van der Waals surface area contributed by atoms with Crippen molar-refractivity contribution in [1.82, 2.24) is 10.2 Å². The van der Waals surface area contributed by atoms with Crippen molar-refractivity contribution in [3.63, 3.8) is 0 Å². The number of nitrogens with one attached hydrogen (secondary N) is 1. The Morgan fingerprint density at radius 2 is 1.76 bits per heavy atom. The van der Waals surface area contributed by atoms with Gasteiger partial charge in [-0.2, -0.15) is 0 Å². The van der Waals surface area contributed by atoms with Crippen molar-refractivity contribution in [3.05, 3.63) is 27.7 Å². The minimum Gasteiger partial charge on any atom is -0.396 e. The van der Waals surface area contributed by atoms with E-state index < -0.39 is 0 Å². The zero-order chi connectivity index (χ0) is 15.6. The zero-order valence-corrected chi connectivity index (χ0v) is 13.2. The first-order chi connectivity index (χ1) is 9.88. The lowest BCUT2D eigenvalue weighted by molar-refractivity contribution is -0.119. The molecule has 114 valence electrons. The van der Waals surface area contributed by atoms with Crippen LogP contribution in [0.5, 0.6) is 0 Å². The predicted octanol–water partition coefficient (Wildman–Crippen LogP) is 2.32. The lowest BCUT2D eigenvalue weighted by Crippen LogP contribution is -2.46. The van der Waals surface area contributed by atoms with Crippen LogP contribution in [0.1, 0.15) is 30.1 Å². The number of halogens is 2. The minimum absolute atomic E-state index is 0.0446. The van der Waals surface area contributed by atoms with Gasteiger partial charge in [0.05, 0.1) is 15.7 Å². The van der Waals surface area contributed by atoms with Crippen LogP contribution >= 0.6 is 23.2 Å². The number of hydrogen-bond acceptors (Lipinski definition) is 3. The largest absolute Gasteiger partial charge is 0.396 e. The number of piperidine rings is 1. The number of anilines is 1. The van der Waals surface area contributed by atoms with Crippen molar-refractivity contribution >= 4 is 40.7 Å². The highest BCUT2D eigenvalue weighted by molar-refractivity contribution is 6.39. The van der Waals surface area contributed by atoms with E-state index in [-0.39, 0.29) is 33.6 Å². The molecule has 0 saturated carbocycles. The van der Waals surface area contributed by atoms with E-state index in [1.807, 2.05) is 0 Å². The number of hydrogen-bond donors (Lipinski definition) is 2. The molecule has 0 radical (unpaired) electrons. The van der Waals surface area contributed by atoms with E-state index in [1.54, 1.807) is 4.90 Å². The summed E-state index contributed by atoms with van der Waals surface area (Å²) in [7, 11) is 0. The van der Waals surface area contributed by atoms with E-state index in [1.165, 1.54) is 19.1 Å². The van der Waals surface area contributed by atoms with Crippen LogP contribution in [0.25, 0.3) is 0 Å². The van der Waals surface area contributed by atoms with Gasteiger partial charge in [-0.1, -0.05) is 23.2 Å². The average molecular weight is 330 g/mol. The lowest BCUT2D eigenvalue weighted by atomic mass is 10.0. The molecule has 0 aromatic heterocycles. The summed E-state index contributed by atoms with van der Waals surface area (Å²) in [6.45, 7) is 2.67. The summed E-state index contributed by atoms with van der Waals surface area (Å²) < 4.78 is 0. The second-order valence-corrected chi connectivity index (χ2v) is 5.93. The molecule has 21 heavy (non-hydrogen) atoms. The zero-order valence-electron chi connectivity index (χ0n) is 11.7. The molecular formula is C14H17Cl2N3O2. The van der Waals surface area contributed by atoms with Gasteiger partial charge in [-0.3, -0.25) is 9.59 Å². The van der Waals surface area contributed by atoms with Crippen molar-refractivity contribution in [1.29, 1.82) is 0 Å². The predicted molar refractivity (Wildman–Crippen MR) is 83.6 cm³/mol. The number of carbonyl (C=O) groups excluding carboxylic acids is 2. The molecule has 1 aromatic carbocycles. The molecule has 0 spiro atoms. The van der Waals surface area contributed by atoms with Gasteiger partial charge in [0.2, 0.25) is 5.91 Å². The number of amides is 2. The monoisotopic (exact) mass is 329 g/mol. The fraction of sp³-hybridized carbons (Fsp3) is 0.429. The Hall–Kier alpha value is -1.46. The Bertz CT molecular complexity index is 546. The topological polar surface area (TPSA) is 75.4 Å². The van der Waals surface area contributed by atoms with Crippen LogP contribution in [0.2, 0.25) is 10.0 Å². The van der Waals surface area contributed by atoms with Crippen LogP contribution in [-0.4, -0.2) is 35.8 Å². The van der Waals surface area contributed by atoms with E-state index >= 15 is 0 Å². The lowest BCUT2D eigenvalue weighted by Gasteiger charge is -2.32. The fourth-order valence-electron chi connectivity index (χ4n) is 2.40. The van der Waals surface area contributed by atoms with Gasteiger partial charge < -0.3 is 16.0 Å². The highest BCUT2D eigenvalue weighted by Crippen LogP contribution is 2.29. The third-order valence-electron chi connectivity index (χ3n) is 3.52.